The van der Waals surface area contributed by atoms with Crippen molar-refractivity contribution in [2.75, 3.05) is 38.6 Å². The number of piperidine rings is 1. The first-order valence-electron chi connectivity index (χ1n) is 7.74. The maximum absolute atomic E-state index is 5.92. The van der Waals surface area contributed by atoms with Crippen molar-refractivity contribution < 1.29 is 0 Å². The van der Waals surface area contributed by atoms with E-state index >= 15 is 0 Å². The number of rotatable bonds is 4. The second-order valence-corrected chi connectivity index (χ2v) is 6.42. The Kier molecular flexibility index (Phi) is 5.06. The van der Waals surface area contributed by atoms with Crippen molar-refractivity contribution in [1.29, 1.82) is 0 Å². The van der Waals surface area contributed by atoms with Gasteiger partial charge in [-0.3, -0.25) is 4.90 Å². The van der Waals surface area contributed by atoms with Crippen molar-refractivity contribution in [2.24, 2.45) is 17.6 Å². The molecule has 1 aliphatic heterocycles. The number of hydrogen-bond donors (Lipinski definition) is 1. The highest BCUT2D eigenvalue weighted by atomic mass is 15.2. The molecule has 0 spiro atoms. The molecule has 20 heavy (non-hydrogen) atoms. The molecule has 3 heteroatoms. The van der Waals surface area contributed by atoms with Gasteiger partial charge in [0.25, 0.3) is 0 Å². The summed E-state index contributed by atoms with van der Waals surface area (Å²) in [6.45, 7) is 7.78. The Bertz CT molecular complexity index is 413. The third-order valence-corrected chi connectivity index (χ3v) is 4.89. The molecule has 3 unspecified atom stereocenters. The summed E-state index contributed by atoms with van der Waals surface area (Å²) in [5.74, 6) is 1.41. The Labute approximate surface area is 123 Å². The van der Waals surface area contributed by atoms with Crippen LogP contribution in [0.5, 0.6) is 0 Å². The monoisotopic (exact) mass is 275 g/mol. The zero-order chi connectivity index (χ0) is 14.7. The number of hydrogen-bond acceptors (Lipinski definition) is 3. The predicted octanol–water partition coefficient (Wildman–Crippen LogP) is 2.73. The smallest absolute Gasteiger partial charge is 0.0361 e. The van der Waals surface area contributed by atoms with Crippen LogP contribution in [0.15, 0.2) is 24.3 Å². The minimum absolute atomic E-state index is 0.479. The minimum atomic E-state index is 0.479. The summed E-state index contributed by atoms with van der Waals surface area (Å²) in [6.07, 6.45) is 1.27. The molecule has 1 aromatic carbocycles. The van der Waals surface area contributed by atoms with Crippen LogP contribution in [-0.2, 0) is 0 Å². The van der Waals surface area contributed by atoms with E-state index in [2.05, 4.69) is 62.0 Å². The maximum atomic E-state index is 5.92. The van der Waals surface area contributed by atoms with Crippen molar-refractivity contribution in [3.63, 3.8) is 0 Å². The van der Waals surface area contributed by atoms with E-state index in [9.17, 15) is 0 Å². The van der Waals surface area contributed by atoms with Gasteiger partial charge in [-0.15, -0.1) is 0 Å². The highest BCUT2D eigenvalue weighted by Crippen LogP contribution is 2.30. The Balaban J connectivity index is 2.05. The maximum Gasteiger partial charge on any atom is 0.0361 e. The van der Waals surface area contributed by atoms with Crippen molar-refractivity contribution in [3.8, 4) is 0 Å². The second-order valence-electron chi connectivity index (χ2n) is 6.42. The molecule has 1 heterocycles. The van der Waals surface area contributed by atoms with Gasteiger partial charge in [-0.05, 0) is 56.0 Å². The Morgan fingerprint density at radius 3 is 2.50 bits per heavy atom. The minimum Gasteiger partial charge on any atom is -0.378 e. The van der Waals surface area contributed by atoms with Crippen molar-refractivity contribution >= 4 is 5.69 Å². The van der Waals surface area contributed by atoms with Gasteiger partial charge in [0.05, 0.1) is 0 Å². The molecule has 3 nitrogen and oxygen atoms in total. The van der Waals surface area contributed by atoms with Crippen LogP contribution in [0.4, 0.5) is 5.69 Å². The summed E-state index contributed by atoms with van der Waals surface area (Å²) in [5, 5.41) is 0. The van der Waals surface area contributed by atoms with E-state index in [-0.39, 0.29) is 0 Å². The lowest BCUT2D eigenvalue weighted by Gasteiger charge is -2.40. The van der Waals surface area contributed by atoms with Crippen LogP contribution in [0.3, 0.4) is 0 Å². The van der Waals surface area contributed by atoms with Crippen molar-refractivity contribution in [3.05, 3.63) is 29.8 Å². The van der Waals surface area contributed by atoms with Gasteiger partial charge >= 0.3 is 0 Å². The second kappa shape index (κ2) is 6.59. The standard InChI is InChI=1S/C17H29N3/c1-13-9-10-20(12-16(13)11-18)14(2)15-5-7-17(8-6-15)19(3)4/h5-8,13-14,16H,9-12,18H2,1-4H3. The van der Waals surface area contributed by atoms with Gasteiger partial charge in [0.15, 0.2) is 0 Å². The van der Waals surface area contributed by atoms with Gasteiger partial charge < -0.3 is 10.6 Å². The van der Waals surface area contributed by atoms with Gasteiger partial charge in [-0.1, -0.05) is 19.1 Å². The summed E-state index contributed by atoms with van der Waals surface area (Å²) in [5.41, 5.74) is 8.58. The molecule has 0 bridgehead atoms. The summed E-state index contributed by atoms with van der Waals surface area (Å²) < 4.78 is 0. The van der Waals surface area contributed by atoms with Crippen LogP contribution in [-0.4, -0.2) is 38.6 Å². The van der Waals surface area contributed by atoms with Crippen LogP contribution in [0.1, 0.15) is 31.9 Å². The molecule has 0 amide bonds. The lowest BCUT2D eigenvalue weighted by atomic mass is 9.86. The number of nitrogens with zero attached hydrogens (tertiary/aromatic N) is 2. The first-order chi connectivity index (χ1) is 9.52. The number of nitrogens with two attached hydrogens (primary N) is 1. The van der Waals surface area contributed by atoms with E-state index in [1.54, 1.807) is 0 Å². The lowest BCUT2D eigenvalue weighted by Crippen LogP contribution is -2.43. The lowest BCUT2D eigenvalue weighted by molar-refractivity contribution is 0.0978. The molecule has 2 N–H and O–H groups in total. The third-order valence-electron chi connectivity index (χ3n) is 4.89. The fourth-order valence-corrected chi connectivity index (χ4v) is 3.10. The van der Waals surface area contributed by atoms with E-state index in [4.69, 9.17) is 5.73 Å². The third kappa shape index (κ3) is 3.33. The van der Waals surface area contributed by atoms with Crippen molar-refractivity contribution in [1.82, 2.24) is 4.90 Å². The van der Waals surface area contributed by atoms with Gasteiger partial charge in [0.2, 0.25) is 0 Å². The number of likely N-dealkylation sites (tertiary alicyclic amines) is 1. The van der Waals surface area contributed by atoms with Crippen LogP contribution in [0.25, 0.3) is 0 Å². The first kappa shape index (κ1) is 15.3. The largest absolute Gasteiger partial charge is 0.378 e. The Morgan fingerprint density at radius 2 is 1.95 bits per heavy atom. The molecule has 0 saturated carbocycles. The van der Waals surface area contributed by atoms with E-state index in [1.807, 2.05) is 0 Å². The topological polar surface area (TPSA) is 32.5 Å². The van der Waals surface area contributed by atoms with Gasteiger partial charge in [0.1, 0.15) is 0 Å². The Hall–Kier alpha value is -1.06. The molecule has 3 atom stereocenters. The summed E-state index contributed by atoms with van der Waals surface area (Å²) in [6, 6.07) is 9.41. The van der Waals surface area contributed by atoms with Crippen molar-refractivity contribution in [2.45, 2.75) is 26.3 Å². The zero-order valence-electron chi connectivity index (χ0n) is 13.3. The highest BCUT2D eigenvalue weighted by molar-refractivity contribution is 5.46. The predicted molar refractivity (Wildman–Crippen MR) is 87.1 cm³/mol. The van der Waals surface area contributed by atoms with E-state index in [0.717, 1.165) is 19.0 Å². The van der Waals surface area contributed by atoms with E-state index < -0.39 is 0 Å². The number of benzene rings is 1. The van der Waals surface area contributed by atoms with Gasteiger partial charge in [0, 0.05) is 32.4 Å². The molecule has 1 saturated heterocycles. The molecule has 0 aromatic heterocycles. The fraction of sp³-hybridized carbons (Fsp3) is 0.647. The summed E-state index contributed by atoms with van der Waals surface area (Å²) in [7, 11) is 4.16. The molecule has 2 rings (SSSR count). The average Bonchev–Trinajstić information content (AvgIpc) is 2.47. The Morgan fingerprint density at radius 1 is 1.30 bits per heavy atom. The SMILES string of the molecule is CC1CCN(C(C)c2ccc(N(C)C)cc2)CC1CN. The van der Waals surface area contributed by atoms with Gasteiger partial charge in [-0.2, -0.15) is 0 Å². The molecule has 1 fully saturated rings. The number of anilines is 1. The molecule has 1 aliphatic rings. The molecule has 112 valence electrons. The van der Waals surface area contributed by atoms with Gasteiger partial charge in [-0.25, -0.2) is 0 Å². The normalized spacial score (nSPS) is 25.4. The van der Waals surface area contributed by atoms with Crippen LogP contribution in [0.2, 0.25) is 0 Å². The quantitative estimate of drug-likeness (QED) is 0.917. The summed E-state index contributed by atoms with van der Waals surface area (Å²) in [4.78, 5) is 4.73. The fourth-order valence-electron chi connectivity index (χ4n) is 3.10. The summed E-state index contributed by atoms with van der Waals surface area (Å²) >= 11 is 0. The van der Waals surface area contributed by atoms with Crippen LogP contribution in [0, 0.1) is 11.8 Å². The average molecular weight is 275 g/mol. The molecule has 0 aliphatic carbocycles. The molecule has 1 aromatic rings. The molecule has 0 radical (unpaired) electrons. The van der Waals surface area contributed by atoms with E-state index in [1.165, 1.54) is 24.2 Å². The first-order valence-corrected chi connectivity index (χ1v) is 7.74. The van der Waals surface area contributed by atoms with Crippen LogP contribution >= 0.6 is 0 Å². The van der Waals surface area contributed by atoms with E-state index in [0.29, 0.717) is 12.0 Å². The zero-order valence-corrected chi connectivity index (χ0v) is 13.3. The highest BCUT2D eigenvalue weighted by Gasteiger charge is 2.28. The molecular weight excluding hydrogens is 246 g/mol. The molecular formula is C17H29N3. The van der Waals surface area contributed by atoms with Crippen LogP contribution < -0.4 is 10.6 Å².